The Kier molecular flexibility index (Phi) is 3.68. The van der Waals surface area contributed by atoms with E-state index in [0.717, 1.165) is 5.56 Å². The van der Waals surface area contributed by atoms with Crippen LogP contribution in [0.15, 0.2) is 42.7 Å². The Balaban J connectivity index is 2.42. The topological polar surface area (TPSA) is 50.9 Å². The molecule has 0 bridgehead atoms. The molecule has 0 amide bonds. The maximum absolute atomic E-state index is 13.8. The number of benzene rings is 1. The van der Waals surface area contributed by atoms with Gasteiger partial charge in [-0.15, -0.1) is 0 Å². The van der Waals surface area contributed by atoms with Gasteiger partial charge in [0.2, 0.25) is 0 Å². The fourth-order valence-corrected chi connectivity index (χ4v) is 1.81. The molecule has 1 aromatic heterocycles. The predicted molar refractivity (Wildman–Crippen MR) is 64.8 cm³/mol. The van der Waals surface area contributed by atoms with Crippen molar-refractivity contribution in [1.29, 1.82) is 0 Å². The van der Waals surface area contributed by atoms with Crippen molar-refractivity contribution in [2.75, 3.05) is 0 Å². The van der Waals surface area contributed by atoms with Gasteiger partial charge in [-0.3, -0.25) is 10.8 Å². The molecule has 0 aliphatic rings. The zero-order valence-electron chi connectivity index (χ0n) is 8.90. The van der Waals surface area contributed by atoms with Gasteiger partial charge < -0.3 is 0 Å². The summed E-state index contributed by atoms with van der Waals surface area (Å²) in [6.45, 7) is 0. The van der Waals surface area contributed by atoms with Gasteiger partial charge in [0.15, 0.2) is 0 Å². The molecule has 3 nitrogen and oxygen atoms in total. The van der Waals surface area contributed by atoms with Crippen LogP contribution in [0.5, 0.6) is 0 Å². The van der Waals surface area contributed by atoms with E-state index < -0.39 is 11.9 Å². The molecule has 1 aromatic carbocycles. The van der Waals surface area contributed by atoms with E-state index in [4.69, 9.17) is 17.4 Å². The van der Waals surface area contributed by atoms with Crippen LogP contribution in [-0.2, 0) is 0 Å². The number of halogens is 2. The Morgan fingerprint density at radius 2 is 2.18 bits per heavy atom. The number of nitrogens with zero attached hydrogens (tertiary/aromatic N) is 1. The molecule has 0 saturated heterocycles. The minimum atomic E-state index is -0.444. The summed E-state index contributed by atoms with van der Waals surface area (Å²) in [5, 5.41) is 0.355. The highest BCUT2D eigenvalue weighted by Gasteiger charge is 2.16. The molecule has 2 rings (SSSR count). The Hall–Kier alpha value is -1.49. The van der Waals surface area contributed by atoms with E-state index >= 15 is 0 Å². The Bertz CT molecular complexity index is 504. The van der Waals surface area contributed by atoms with E-state index in [1.54, 1.807) is 30.6 Å². The molecule has 0 spiro atoms. The van der Waals surface area contributed by atoms with Crippen molar-refractivity contribution in [1.82, 2.24) is 10.4 Å². The van der Waals surface area contributed by atoms with Crippen LogP contribution in [0.2, 0.25) is 5.02 Å². The molecule has 0 aliphatic heterocycles. The highest BCUT2D eigenvalue weighted by Crippen LogP contribution is 2.25. The van der Waals surface area contributed by atoms with E-state index in [1.807, 2.05) is 6.07 Å². The van der Waals surface area contributed by atoms with Gasteiger partial charge in [0, 0.05) is 23.0 Å². The third-order valence-electron chi connectivity index (χ3n) is 2.46. The maximum Gasteiger partial charge on any atom is 0.129 e. The molecule has 1 heterocycles. The number of nitrogens with two attached hydrogens (primary N) is 1. The smallest absolute Gasteiger partial charge is 0.129 e. The lowest BCUT2D eigenvalue weighted by Crippen LogP contribution is -2.29. The summed E-state index contributed by atoms with van der Waals surface area (Å²) in [7, 11) is 0. The number of hydrogen-bond acceptors (Lipinski definition) is 3. The average Bonchev–Trinajstić information content (AvgIpc) is 2.34. The number of aromatic nitrogens is 1. The first-order valence-electron chi connectivity index (χ1n) is 5.03. The van der Waals surface area contributed by atoms with Gasteiger partial charge in [0.25, 0.3) is 0 Å². The second-order valence-electron chi connectivity index (χ2n) is 3.55. The van der Waals surface area contributed by atoms with Crippen LogP contribution in [0.3, 0.4) is 0 Å². The van der Waals surface area contributed by atoms with E-state index in [9.17, 15) is 4.39 Å². The van der Waals surface area contributed by atoms with Gasteiger partial charge >= 0.3 is 0 Å². The molecule has 0 saturated carbocycles. The molecule has 0 aliphatic carbocycles. The molecule has 0 fully saturated rings. The first-order chi connectivity index (χ1) is 8.22. The van der Waals surface area contributed by atoms with Crippen molar-refractivity contribution in [2.24, 2.45) is 5.84 Å². The lowest BCUT2D eigenvalue weighted by molar-refractivity contribution is 0.559. The summed E-state index contributed by atoms with van der Waals surface area (Å²) in [5.41, 5.74) is 3.80. The number of pyridine rings is 1. The molecule has 3 N–H and O–H groups in total. The van der Waals surface area contributed by atoms with Crippen molar-refractivity contribution >= 4 is 11.6 Å². The first kappa shape index (κ1) is 12.0. The van der Waals surface area contributed by atoms with Gasteiger partial charge in [0.05, 0.1) is 6.04 Å². The molecular weight excluding hydrogens is 241 g/mol. The van der Waals surface area contributed by atoms with Gasteiger partial charge in [-0.25, -0.2) is 9.82 Å². The monoisotopic (exact) mass is 251 g/mol. The molecule has 0 radical (unpaired) electrons. The zero-order chi connectivity index (χ0) is 12.3. The van der Waals surface area contributed by atoms with Crippen LogP contribution >= 0.6 is 11.6 Å². The summed E-state index contributed by atoms with van der Waals surface area (Å²) in [6.07, 6.45) is 3.29. The fraction of sp³-hybridized carbons (Fsp3) is 0.0833. The lowest BCUT2D eigenvalue weighted by atomic mass is 10.0. The molecule has 1 unspecified atom stereocenters. The number of rotatable bonds is 3. The van der Waals surface area contributed by atoms with Crippen LogP contribution in [-0.4, -0.2) is 4.98 Å². The van der Waals surface area contributed by atoms with Crippen molar-refractivity contribution in [2.45, 2.75) is 6.04 Å². The van der Waals surface area contributed by atoms with Crippen LogP contribution < -0.4 is 11.3 Å². The van der Waals surface area contributed by atoms with Crippen LogP contribution in [0.4, 0.5) is 4.39 Å². The van der Waals surface area contributed by atoms with Crippen LogP contribution in [0.25, 0.3) is 0 Å². The summed E-state index contributed by atoms with van der Waals surface area (Å²) >= 11 is 5.71. The van der Waals surface area contributed by atoms with Gasteiger partial charge in [-0.1, -0.05) is 23.7 Å². The normalized spacial score (nSPS) is 12.4. The summed E-state index contributed by atoms with van der Waals surface area (Å²) < 4.78 is 13.8. The standard InChI is InChI=1S/C12H11ClFN3/c13-9-3-4-10(11(14)6-9)12(17-15)8-2-1-5-16-7-8/h1-7,12,17H,15H2. The van der Waals surface area contributed by atoms with E-state index in [2.05, 4.69) is 10.4 Å². The second kappa shape index (κ2) is 5.23. The second-order valence-corrected chi connectivity index (χ2v) is 3.99. The van der Waals surface area contributed by atoms with E-state index in [0.29, 0.717) is 10.6 Å². The van der Waals surface area contributed by atoms with Gasteiger partial charge in [-0.05, 0) is 23.8 Å². The SMILES string of the molecule is NNC(c1cccnc1)c1ccc(Cl)cc1F. The van der Waals surface area contributed by atoms with Crippen LogP contribution in [0, 0.1) is 5.82 Å². The molecule has 2 aromatic rings. The molecule has 1 atom stereocenters. The Morgan fingerprint density at radius 3 is 2.76 bits per heavy atom. The zero-order valence-corrected chi connectivity index (χ0v) is 9.66. The number of hydrogen-bond donors (Lipinski definition) is 2. The third-order valence-corrected chi connectivity index (χ3v) is 2.69. The van der Waals surface area contributed by atoms with Gasteiger partial charge in [-0.2, -0.15) is 0 Å². The quantitative estimate of drug-likeness (QED) is 0.651. The summed E-state index contributed by atoms with van der Waals surface area (Å²) in [5.74, 6) is 5.07. The lowest BCUT2D eigenvalue weighted by Gasteiger charge is -2.17. The third kappa shape index (κ3) is 2.61. The molecule has 5 heteroatoms. The van der Waals surface area contributed by atoms with Crippen molar-refractivity contribution < 1.29 is 4.39 Å². The van der Waals surface area contributed by atoms with E-state index in [1.165, 1.54) is 6.07 Å². The first-order valence-corrected chi connectivity index (χ1v) is 5.41. The highest BCUT2D eigenvalue weighted by molar-refractivity contribution is 6.30. The average molecular weight is 252 g/mol. The van der Waals surface area contributed by atoms with Gasteiger partial charge in [0.1, 0.15) is 5.82 Å². The van der Waals surface area contributed by atoms with Crippen molar-refractivity contribution in [3.05, 3.63) is 64.7 Å². The Labute approximate surface area is 103 Å². The largest absolute Gasteiger partial charge is 0.271 e. The van der Waals surface area contributed by atoms with Crippen LogP contribution in [0.1, 0.15) is 17.2 Å². The molecule has 88 valence electrons. The number of nitrogens with one attached hydrogen (secondary N) is 1. The summed E-state index contributed by atoms with van der Waals surface area (Å²) in [6, 6.07) is 7.65. The van der Waals surface area contributed by atoms with E-state index in [-0.39, 0.29) is 0 Å². The molecule has 17 heavy (non-hydrogen) atoms. The molecular formula is C12H11ClFN3. The van der Waals surface area contributed by atoms with Crippen molar-refractivity contribution in [3.63, 3.8) is 0 Å². The summed E-state index contributed by atoms with van der Waals surface area (Å²) in [4.78, 5) is 3.98. The Morgan fingerprint density at radius 1 is 1.35 bits per heavy atom. The maximum atomic E-state index is 13.8. The minimum Gasteiger partial charge on any atom is -0.271 e. The minimum absolute atomic E-state index is 0.355. The van der Waals surface area contributed by atoms with Crippen molar-refractivity contribution in [3.8, 4) is 0 Å². The predicted octanol–water partition coefficient (Wildman–Crippen LogP) is 2.43. The number of hydrazine groups is 1. The highest BCUT2D eigenvalue weighted by atomic mass is 35.5. The fourth-order valence-electron chi connectivity index (χ4n) is 1.65.